The van der Waals surface area contributed by atoms with E-state index in [2.05, 4.69) is 10.3 Å². The summed E-state index contributed by atoms with van der Waals surface area (Å²) in [6.07, 6.45) is 3.30. The van der Waals surface area contributed by atoms with Gasteiger partial charge < -0.3 is 5.32 Å². The van der Waals surface area contributed by atoms with E-state index in [1.807, 2.05) is 0 Å². The number of carbonyl (C=O) groups is 1. The molecule has 84 valence electrons. The number of nitrogens with zero attached hydrogens (tertiary/aromatic N) is 1. The van der Waals surface area contributed by atoms with Gasteiger partial charge in [0.05, 0.1) is 5.75 Å². The summed E-state index contributed by atoms with van der Waals surface area (Å²) in [5.74, 6) is -0.160. The number of anilines is 1. The van der Waals surface area contributed by atoms with Gasteiger partial charge in [-0.15, -0.1) is 11.3 Å². The number of hydrogen-bond acceptors (Lipinski definition) is 5. The van der Waals surface area contributed by atoms with Gasteiger partial charge in [-0.25, -0.2) is 13.4 Å². The summed E-state index contributed by atoms with van der Waals surface area (Å²) in [6, 6.07) is 0. The molecule has 1 N–H and O–H groups in total. The number of hydrogen-bond donors (Lipinski definition) is 1. The van der Waals surface area contributed by atoms with Crippen LogP contribution < -0.4 is 5.32 Å². The molecular formula is C8H12N2O3S2. The Labute approximate surface area is 92.5 Å². The Hall–Kier alpha value is -0.950. The minimum Gasteiger partial charge on any atom is -0.302 e. The van der Waals surface area contributed by atoms with Crippen LogP contribution in [0.15, 0.2) is 11.6 Å². The number of carbonyl (C=O) groups excluding carboxylic acids is 1. The SMILES string of the molecule is CS(=O)(=O)CCCC(=O)Nc1nccs1. The van der Waals surface area contributed by atoms with Crippen LogP contribution in [-0.2, 0) is 14.6 Å². The molecule has 0 spiro atoms. The van der Waals surface area contributed by atoms with Crippen molar-refractivity contribution in [3.05, 3.63) is 11.6 Å². The number of thiazole rings is 1. The smallest absolute Gasteiger partial charge is 0.226 e. The molecular weight excluding hydrogens is 236 g/mol. The predicted octanol–water partition coefficient (Wildman–Crippen LogP) is 0.906. The highest BCUT2D eigenvalue weighted by atomic mass is 32.2. The second-order valence-corrected chi connectivity index (χ2v) is 6.27. The molecule has 0 aliphatic heterocycles. The van der Waals surface area contributed by atoms with E-state index in [1.54, 1.807) is 11.6 Å². The predicted molar refractivity (Wildman–Crippen MR) is 59.7 cm³/mol. The Morgan fingerprint density at radius 2 is 2.33 bits per heavy atom. The summed E-state index contributed by atoms with van der Waals surface area (Å²) in [5, 5.41) is 4.88. The summed E-state index contributed by atoms with van der Waals surface area (Å²) < 4.78 is 21.6. The molecule has 0 unspecified atom stereocenters. The fraction of sp³-hybridized carbons (Fsp3) is 0.500. The molecule has 0 aliphatic rings. The van der Waals surface area contributed by atoms with Crippen molar-refractivity contribution in [3.63, 3.8) is 0 Å². The number of aromatic nitrogens is 1. The van der Waals surface area contributed by atoms with Gasteiger partial charge in [-0.1, -0.05) is 0 Å². The van der Waals surface area contributed by atoms with Crippen molar-refractivity contribution in [2.75, 3.05) is 17.3 Å². The van der Waals surface area contributed by atoms with E-state index < -0.39 is 9.84 Å². The van der Waals surface area contributed by atoms with Crippen LogP contribution in [0.25, 0.3) is 0 Å². The number of amides is 1. The zero-order valence-electron chi connectivity index (χ0n) is 8.26. The lowest BCUT2D eigenvalue weighted by Gasteiger charge is -2.00. The Balaban J connectivity index is 2.26. The molecule has 0 saturated carbocycles. The maximum atomic E-state index is 11.3. The third-order valence-electron chi connectivity index (χ3n) is 1.60. The van der Waals surface area contributed by atoms with Crippen LogP contribution in [-0.4, -0.2) is 31.3 Å². The number of rotatable bonds is 5. The monoisotopic (exact) mass is 248 g/mol. The first-order chi connectivity index (χ1) is 6.97. The number of sulfone groups is 1. The third-order valence-corrected chi connectivity index (χ3v) is 3.32. The van der Waals surface area contributed by atoms with Gasteiger partial charge in [0.15, 0.2) is 5.13 Å². The molecule has 0 aromatic carbocycles. The zero-order valence-corrected chi connectivity index (χ0v) is 9.90. The van der Waals surface area contributed by atoms with Crippen LogP contribution in [0.4, 0.5) is 5.13 Å². The van der Waals surface area contributed by atoms with Crippen molar-refractivity contribution in [3.8, 4) is 0 Å². The Morgan fingerprint density at radius 3 is 2.87 bits per heavy atom. The van der Waals surface area contributed by atoms with Crippen LogP contribution in [0.1, 0.15) is 12.8 Å². The van der Waals surface area contributed by atoms with E-state index in [9.17, 15) is 13.2 Å². The van der Waals surface area contributed by atoms with Gasteiger partial charge in [0.1, 0.15) is 9.84 Å². The van der Waals surface area contributed by atoms with Gasteiger partial charge in [0, 0.05) is 24.3 Å². The first-order valence-corrected chi connectivity index (χ1v) is 7.28. The second-order valence-electron chi connectivity index (χ2n) is 3.12. The molecule has 0 atom stereocenters. The van der Waals surface area contributed by atoms with Crippen molar-refractivity contribution >= 4 is 32.2 Å². The fourth-order valence-corrected chi connectivity index (χ4v) is 2.18. The molecule has 1 aromatic rings. The van der Waals surface area contributed by atoms with Crippen LogP contribution in [0.5, 0.6) is 0 Å². The Kier molecular flexibility index (Phi) is 4.22. The highest BCUT2D eigenvalue weighted by Gasteiger charge is 2.07. The Morgan fingerprint density at radius 1 is 1.60 bits per heavy atom. The van der Waals surface area contributed by atoms with E-state index in [1.165, 1.54) is 11.3 Å². The molecule has 0 radical (unpaired) electrons. The summed E-state index contributed by atoms with van der Waals surface area (Å²) in [6.45, 7) is 0. The number of nitrogens with one attached hydrogen (secondary N) is 1. The van der Waals surface area contributed by atoms with E-state index in [0.29, 0.717) is 11.6 Å². The van der Waals surface area contributed by atoms with Crippen molar-refractivity contribution in [1.82, 2.24) is 4.98 Å². The van der Waals surface area contributed by atoms with Crippen molar-refractivity contribution in [2.24, 2.45) is 0 Å². The molecule has 0 bridgehead atoms. The molecule has 1 aromatic heterocycles. The van der Waals surface area contributed by atoms with Crippen LogP contribution in [0, 0.1) is 0 Å². The van der Waals surface area contributed by atoms with Gasteiger partial charge in [-0.2, -0.15) is 0 Å². The second kappa shape index (κ2) is 5.22. The normalized spacial score (nSPS) is 11.3. The molecule has 0 saturated heterocycles. The summed E-state index contributed by atoms with van der Waals surface area (Å²) in [5.41, 5.74) is 0. The topological polar surface area (TPSA) is 76.1 Å². The maximum absolute atomic E-state index is 11.3. The molecule has 1 rings (SSSR count). The molecule has 0 aliphatic carbocycles. The Bertz CT molecular complexity index is 411. The largest absolute Gasteiger partial charge is 0.302 e. The van der Waals surface area contributed by atoms with Gasteiger partial charge in [-0.05, 0) is 6.42 Å². The highest BCUT2D eigenvalue weighted by Crippen LogP contribution is 2.10. The van der Waals surface area contributed by atoms with Crippen molar-refractivity contribution < 1.29 is 13.2 Å². The fourth-order valence-electron chi connectivity index (χ4n) is 0.962. The lowest BCUT2D eigenvalue weighted by Crippen LogP contribution is -2.13. The van der Waals surface area contributed by atoms with Gasteiger partial charge in [0.2, 0.25) is 5.91 Å². The van der Waals surface area contributed by atoms with Crippen molar-refractivity contribution in [2.45, 2.75) is 12.8 Å². The van der Waals surface area contributed by atoms with Gasteiger partial charge in [0.25, 0.3) is 0 Å². The minimum atomic E-state index is -2.97. The standard InChI is InChI=1S/C8H12N2O3S2/c1-15(12,13)6-2-3-7(11)10-8-9-4-5-14-8/h4-5H,2-3,6H2,1H3,(H,9,10,11). The quantitative estimate of drug-likeness (QED) is 0.840. The maximum Gasteiger partial charge on any atom is 0.226 e. The van der Waals surface area contributed by atoms with Gasteiger partial charge >= 0.3 is 0 Å². The van der Waals surface area contributed by atoms with E-state index >= 15 is 0 Å². The summed E-state index contributed by atoms with van der Waals surface area (Å²) in [7, 11) is -2.97. The van der Waals surface area contributed by atoms with E-state index in [4.69, 9.17) is 0 Å². The highest BCUT2D eigenvalue weighted by molar-refractivity contribution is 7.90. The molecule has 15 heavy (non-hydrogen) atoms. The molecule has 0 fully saturated rings. The van der Waals surface area contributed by atoms with Gasteiger partial charge in [-0.3, -0.25) is 4.79 Å². The summed E-state index contributed by atoms with van der Waals surface area (Å²) in [4.78, 5) is 15.1. The average molecular weight is 248 g/mol. The molecule has 1 heterocycles. The first kappa shape index (κ1) is 12.1. The zero-order chi connectivity index (χ0) is 11.3. The lowest BCUT2D eigenvalue weighted by molar-refractivity contribution is -0.116. The third kappa shape index (κ3) is 5.48. The molecule has 1 amide bonds. The van der Waals surface area contributed by atoms with Crippen LogP contribution in [0.3, 0.4) is 0 Å². The van der Waals surface area contributed by atoms with Crippen LogP contribution >= 0.6 is 11.3 Å². The minimum absolute atomic E-state index is 0.0400. The molecule has 7 heteroatoms. The lowest BCUT2D eigenvalue weighted by atomic mass is 10.3. The summed E-state index contributed by atoms with van der Waals surface area (Å²) >= 11 is 1.33. The molecule has 5 nitrogen and oxygen atoms in total. The van der Waals surface area contributed by atoms with E-state index in [-0.39, 0.29) is 18.1 Å². The average Bonchev–Trinajstić information content (AvgIpc) is 2.54. The van der Waals surface area contributed by atoms with Crippen molar-refractivity contribution in [1.29, 1.82) is 0 Å². The van der Waals surface area contributed by atoms with E-state index in [0.717, 1.165) is 6.26 Å². The first-order valence-electron chi connectivity index (χ1n) is 4.34. The van der Waals surface area contributed by atoms with Crippen LogP contribution in [0.2, 0.25) is 0 Å².